The van der Waals surface area contributed by atoms with E-state index < -0.39 is 0 Å². The summed E-state index contributed by atoms with van der Waals surface area (Å²) in [6, 6.07) is 8.33. The van der Waals surface area contributed by atoms with Crippen LogP contribution in [0.5, 0.6) is 0 Å². The first-order valence-electron chi connectivity index (χ1n) is 9.48. The van der Waals surface area contributed by atoms with Gasteiger partial charge < -0.3 is 15.5 Å². The Kier molecular flexibility index (Phi) is 8.35. The van der Waals surface area contributed by atoms with Crippen LogP contribution in [0, 0.1) is 5.92 Å². The third-order valence-corrected chi connectivity index (χ3v) is 4.97. The first kappa shape index (κ1) is 19.9. The minimum atomic E-state index is 0.0246. The van der Waals surface area contributed by atoms with Crippen molar-refractivity contribution in [3.8, 4) is 0 Å². The molecular formula is C20H31N3OS. The fourth-order valence-corrected chi connectivity index (χ4v) is 3.49. The first-order valence-corrected chi connectivity index (χ1v) is 9.88. The Bertz CT molecular complexity index is 559. The van der Waals surface area contributed by atoms with Gasteiger partial charge in [-0.15, -0.1) is 0 Å². The number of nitrogens with zero attached hydrogens (tertiary/aromatic N) is 1. The van der Waals surface area contributed by atoms with Crippen LogP contribution in [0.2, 0.25) is 0 Å². The smallest absolute Gasteiger partial charge is 0.230 e. The van der Waals surface area contributed by atoms with Crippen molar-refractivity contribution in [2.75, 3.05) is 25.5 Å². The van der Waals surface area contributed by atoms with Crippen molar-refractivity contribution in [3.63, 3.8) is 0 Å². The highest BCUT2D eigenvalue weighted by Gasteiger charge is 2.24. The summed E-state index contributed by atoms with van der Waals surface area (Å²) in [4.78, 5) is 14.5. The molecule has 0 aliphatic carbocycles. The molecule has 1 atom stereocenters. The predicted octanol–water partition coefficient (Wildman–Crippen LogP) is 3.96. The number of carbonyl (C=O) groups is 1. The molecule has 1 amide bonds. The molecule has 0 saturated carbocycles. The molecule has 1 aromatic carbocycles. The summed E-state index contributed by atoms with van der Waals surface area (Å²) in [5, 5.41) is 6.33. The van der Waals surface area contributed by atoms with Gasteiger partial charge >= 0.3 is 0 Å². The van der Waals surface area contributed by atoms with Crippen LogP contribution in [0.15, 0.2) is 24.3 Å². The molecule has 0 bridgehead atoms. The molecule has 0 aromatic heterocycles. The van der Waals surface area contributed by atoms with Crippen LogP contribution in [0.1, 0.15) is 51.0 Å². The lowest BCUT2D eigenvalue weighted by Gasteiger charge is -2.28. The van der Waals surface area contributed by atoms with Gasteiger partial charge in [-0.25, -0.2) is 0 Å². The fraction of sp³-hybridized carbons (Fsp3) is 0.600. The van der Waals surface area contributed by atoms with Gasteiger partial charge in [-0.3, -0.25) is 4.79 Å². The molecule has 1 unspecified atom stereocenters. The van der Waals surface area contributed by atoms with Crippen molar-refractivity contribution >= 4 is 28.9 Å². The van der Waals surface area contributed by atoms with E-state index in [-0.39, 0.29) is 11.8 Å². The van der Waals surface area contributed by atoms with Gasteiger partial charge in [0.15, 0.2) is 5.11 Å². The number of carbonyl (C=O) groups excluding carboxylic acids is 1. The molecule has 2 rings (SSSR count). The van der Waals surface area contributed by atoms with Crippen LogP contribution >= 0.6 is 12.2 Å². The normalized spacial score (nSPS) is 17.9. The molecule has 1 heterocycles. The topological polar surface area (TPSA) is 44.4 Å². The van der Waals surface area contributed by atoms with E-state index in [1.54, 1.807) is 0 Å². The van der Waals surface area contributed by atoms with E-state index >= 15 is 0 Å². The van der Waals surface area contributed by atoms with Crippen molar-refractivity contribution in [2.24, 2.45) is 5.92 Å². The molecule has 4 nitrogen and oxygen atoms in total. The Balaban J connectivity index is 1.75. The summed E-state index contributed by atoms with van der Waals surface area (Å²) in [5.74, 6) is 0.0561. The molecule has 1 aliphatic heterocycles. The number of aryl methyl sites for hydroxylation is 1. The second-order valence-electron chi connectivity index (χ2n) is 7.05. The maximum absolute atomic E-state index is 12.3. The maximum Gasteiger partial charge on any atom is 0.230 e. The van der Waals surface area contributed by atoms with Crippen molar-refractivity contribution in [1.82, 2.24) is 10.2 Å². The Hall–Kier alpha value is -1.46. The summed E-state index contributed by atoms with van der Waals surface area (Å²) in [6.45, 7) is 4.10. The molecule has 5 heteroatoms. The molecular weight excluding hydrogens is 330 g/mol. The number of piperidine rings is 1. The van der Waals surface area contributed by atoms with Crippen LogP contribution in [0.25, 0.3) is 0 Å². The first-order chi connectivity index (χ1) is 12.1. The highest BCUT2D eigenvalue weighted by Crippen LogP contribution is 2.16. The Morgan fingerprint density at radius 3 is 2.68 bits per heavy atom. The Morgan fingerprint density at radius 2 is 2.00 bits per heavy atom. The van der Waals surface area contributed by atoms with E-state index in [9.17, 15) is 4.79 Å². The number of anilines is 1. The van der Waals surface area contributed by atoms with Crippen LogP contribution in [-0.2, 0) is 11.2 Å². The Morgan fingerprint density at radius 1 is 1.24 bits per heavy atom. The van der Waals surface area contributed by atoms with Gasteiger partial charge in [-0.2, -0.15) is 0 Å². The van der Waals surface area contributed by atoms with Gasteiger partial charge in [0, 0.05) is 12.2 Å². The number of amides is 1. The predicted molar refractivity (Wildman–Crippen MR) is 109 cm³/mol. The second-order valence-corrected chi connectivity index (χ2v) is 7.46. The van der Waals surface area contributed by atoms with E-state index in [4.69, 9.17) is 12.2 Å². The number of hydrogen-bond acceptors (Lipinski definition) is 3. The van der Waals surface area contributed by atoms with Crippen molar-refractivity contribution < 1.29 is 4.79 Å². The van der Waals surface area contributed by atoms with Crippen molar-refractivity contribution in [2.45, 2.75) is 51.9 Å². The molecule has 138 valence electrons. The van der Waals surface area contributed by atoms with E-state index in [1.165, 1.54) is 31.2 Å². The monoisotopic (exact) mass is 361 g/mol. The lowest BCUT2D eigenvalue weighted by molar-refractivity contribution is -0.125. The minimum Gasteiger partial charge on any atom is -0.332 e. The third kappa shape index (κ3) is 7.12. The molecule has 1 aliphatic rings. The van der Waals surface area contributed by atoms with E-state index in [0.29, 0.717) is 5.11 Å². The summed E-state index contributed by atoms with van der Waals surface area (Å²) in [5.41, 5.74) is 2.27. The van der Waals surface area contributed by atoms with Gasteiger partial charge in [0.25, 0.3) is 0 Å². The van der Waals surface area contributed by atoms with E-state index in [0.717, 1.165) is 38.0 Å². The average molecular weight is 362 g/mol. The van der Waals surface area contributed by atoms with Crippen LogP contribution in [0.3, 0.4) is 0 Å². The zero-order valence-corrected chi connectivity index (χ0v) is 16.3. The van der Waals surface area contributed by atoms with Gasteiger partial charge in [0.2, 0.25) is 5.91 Å². The summed E-state index contributed by atoms with van der Waals surface area (Å²) < 4.78 is 0. The van der Waals surface area contributed by atoms with Crippen molar-refractivity contribution in [3.05, 3.63) is 29.8 Å². The number of likely N-dealkylation sites (tertiary alicyclic amines) is 1. The molecule has 0 spiro atoms. The van der Waals surface area contributed by atoms with E-state index in [1.807, 2.05) is 12.1 Å². The summed E-state index contributed by atoms with van der Waals surface area (Å²) in [7, 11) is 2.06. The standard InChI is InChI=1S/C20H31N3OS/c1-3-4-5-6-8-16-10-12-18(13-11-16)21-20(25)22-19(24)17-9-7-14-23(2)15-17/h10-13,17H,3-9,14-15H2,1-2H3,(H2,21,22,24,25). The number of thiocarbonyl (C=S) groups is 1. The number of unbranched alkanes of at least 4 members (excludes halogenated alkanes) is 3. The molecule has 25 heavy (non-hydrogen) atoms. The third-order valence-electron chi connectivity index (χ3n) is 4.76. The quantitative estimate of drug-likeness (QED) is 0.570. The van der Waals surface area contributed by atoms with Crippen LogP contribution < -0.4 is 10.6 Å². The van der Waals surface area contributed by atoms with Crippen molar-refractivity contribution in [1.29, 1.82) is 0 Å². The van der Waals surface area contributed by atoms with Gasteiger partial charge in [-0.1, -0.05) is 38.3 Å². The molecule has 0 radical (unpaired) electrons. The molecule has 1 aromatic rings. The second kappa shape index (κ2) is 10.5. The lowest BCUT2D eigenvalue weighted by Crippen LogP contribution is -2.44. The summed E-state index contributed by atoms with van der Waals surface area (Å²) in [6.07, 6.45) is 8.23. The Labute approximate surface area is 157 Å². The summed E-state index contributed by atoms with van der Waals surface area (Å²) >= 11 is 5.29. The van der Waals surface area contributed by atoms with E-state index in [2.05, 4.69) is 41.6 Å². The molecule has 1 saturated heterocycles. The average Bonchev–Trinajstić information content (AvgIpc) is 2.60. The van der Waals surface area contributed by atoms with Crippen LogP contribution in [0.4, 0.5) is 5.69 Å². The number of hydrogen-bond donors (Lipinski definition) is 2. The number of benzene rings is 1. The highest BCUT2D eigenvalue weighted by atomic mass is 32.1. The lowest BCUT2D eigenvalue weighted by atomic mass is 9.98. The van der Waals surface area contributed by atoms with Gasteiger partial charge in [-0.05, 0) is 69.2 Å². The minimum absolute atomic E-state index is 0.0246. The van der Waals surface area contributed by atoms with Gasteiger partial charge in [0.1, 0.15) is 0 Å². The van der Waals surface area contributed by atoms with Gasteiger partial charge in [0.05, 0.1) is 5.92 Å². The largest absolute Gasteiger partial charge is 0.332 e. The van der Waals surface area contributed by atoms with Crippen LogP contribution in [-0.4, -0.2) is 36.1 Å². The fourth-order valence-electron chi connectivity index (χ4n) is 3.27. The zero-order chi connectivity index (χ0) is 18.1. The zero-order valence-electron chi connectivity index (χ0n) is 15.5. The highest BCUT2D eigenvalue weighted by molar-refractivity contribution is 7.80. The number of rotatable bonds is 7. The maximum atomic E-state index is 12.3. The molecule has 1 fully saturated rings. The SMILES string of the molecule is CCCCCCc1ccc(NC(=S)NC(=O)C2CCCN(C)C2)cc1. The number of nitrogens with one attached hydrogen (secondary N) is 2. The molecule has 2 N–H and O–H groups in total.